The predicted octanol–water partition coefficient (Wildman–Crippen LogP) is 2.87. The first kappa shape index (κ1) is 21.3. The van der Waals surface area contributed by atoms with Gasteiger partial charge in [-0.2, -0.15) is 8.78 Å². The number of aryl methyl sites for hydroxylation is 2. The zero-order valence-corrected chi connectivity index (χ0v) is 16.8. The Balaban J connectivity index is 0.00000312. The zero-order valence-electron chi connectivity index (χ0n) is 14.4. The molecule has 0 amide bonds. The molecule has 0 radical (unpaired) electrons. The fourth-order valence-corrected chi connectivity index (χ4v) is 2.35. The van der Waals surface area contributed by atoms with Crippen molar-refractivity contribution in [3.05, 3.63) is 35.2 Å². The highest BCUT2D eigenvalue weighted by molar-refractivity contribution is 14.0. The van der Waals surface area contributed by atoms with Gasteiger partial charge in [0.05, 0.1) is 12.2 Å². The molecule has 2 heterocycles. The van der Waals surface area contributed by atoms with Gasteiger partial charge in [-0.25, -0.2) is 4.98 Å². The Morgan fingerprint density at radius 3 is 2.60 bits per heavy atom. The minimum atomic E-state index is -2.62. The second-order valence-corrected chi connectivity index (χ2v) is 5.05. The average Bonchev–Trinajstić information content (AvgIpc) is 3.20. The molecule has 2 rings (SSSR count). The first-order valence-electron chi connectivity index (χ1n) is 7.81. The number of nitrogens with zero attached hydrogens (tertiary/aromatic N) is 4. The highest BCUT2D eigenvalue weighted by Crippen LogP contribution is 2.15. The lowest BCUT2D eigenvalue weighted by Gasteiger charge is -2.13. The molecule has 140 valence electrons. The van der Waals surface area contributed by atoms with Crippen molar-refractivity contribution in [2.24, 2.45) is 4.99 Å². The first-order chi connectivity index (χ1) is 11.6. The van der Waals surface area contributed by atoms with Crippen LogP contribution in [0.15, 0.2) is 21.9 Å². The number of rotatable bonds is 7. The summed E-state index contributed by atoms with van der Waals surface area (Å²) in [5.74, 6) is 1.56. The fourth-order valence-electron chi connectivity index (χ4n) is 2.35. The van der Waals surface area contributed by atoms with Crippen molar-refractivity contribution in [1.82, 2.24) is 25.3 Å². The number of hydrogen-bond acceptors (Lipinski definition) is 4. The van der Waals surface area contributed by atoms with Crippen molar-refractivity contribution in [2.75, 3.05) is 7.05 Å². The van der Waals surface area contributed by atoms with Gasteiger partial charge in [-0.05, 0) is 6.42 Å². The molecule has 2 N–H and O–H groups in total. The van der Waals surface area contributed by atoms with E-state index in [0.29, 0.717) is 12.5 Å². The summed E-state index contributed by atoms with van der Waals surface area (Å²) in [4.78, 5) is 8.01. The van der Waals surface area contributed by atoms with E-state index < -0.39 is 6.55 Å². The van der Waals surface area contributed by atoms with Gasteiger partial charge in [-0.1, -0.05) is 19.0 Å². The Hall–Kier alpha value is -1.72. The number of aliphatic imine (C=N–C) groups is 1. The molecule has 0 bridgehead atoms. The van der Waals surface area contributed by atoms with Crippen LogP contribution in [0.5, 0.6) is 0 Å². The molecule has 0 aliphatic carbocycles. The molecule has 0 fully saturated rings. The SMILES string of the molecule is CCc1noc(CC)c1CNC(=NC)NCc1nccn1C(F)F.I. The number of halogens is 3. The molecular formula is C15H23F2IN6O. The lowest BCUT2D eigenvalue weighted by molar-refractivity contribution is 0.0668. The fraction of sp³-hybridized carbons (Fsp3) is 0.533. The number of alkyl halides is 2. The zero-order chi connectivity index (χ0) is 17.5. The summed E-state index contributed by atoms with van der Waals surface area (Å²) >= 11 is 0. The van der Waals surface area contributed by atoms with E-state index in [4.69, 9.17) is 4.52 Å². The molecule has 0 aliphatic heterocycles. The summed E-state index contributed by atoms with van der Waals surface area (Å²) in [5.41, 5.74) is 1.92. The van der Waals surface area contributed by atoms with Crippen molar-refractivity contribution in [3.63, 3.8) is 0 Å². The maximum Gasteiger partial charge on any atom is 0.319 e. The lowest BCUT2D eigenvalue weighted by Crippen LogP contribution is -2.37. The summed E-state index contributed by atoms with van der Waals surface area (Å²) in [7, 11) is 1.62. The van der Waals surface area contributed by atoms with Crippen LogP contribution in [-0.2, 0) is 25.9 Å². The summed E-state index contributed by atoms with van der Waals surface area (Å²) < 4.78 is 31.7. The minimum Gasteiger partial charge on any atom is -0.361 e. The van der Waals surface area contributed by atoms with Gasteiger partial charge in [0.15, 0.2) is 5.96 Å². The van der Waals surface area contributed by atoms with E-state index in [2.05, 4.69) is 25.8 Å². The Bertz CT molecular complexity index is 664. The van der Waals surface area contributed by atoms with E-state index in [1.165, 1.54) is 12.4 Å². The predicted molar refractivity (Wildman–Crippen MR) is 101 cm³/mol. The van der Waals surface area contributed by atoms with Crippen LogP contribution >= 0.6 is 24.0 Å². The monoisotopic (exact) mass is 468 g/mol. The molecule has 0 unspecified atom stereocenters. The average molecular weight is 468 g/mol. The third-order valence-electron chi connectivity index (χ3n) is 3.64. The van der Waals surface area contributed by atoms with E-state index in [9.17, 15) is 8.78 Å². The number of aromatic nitrogens is 3. The van der Waals surface area contributed by atoms with E-state index in [-0.39, 0.29) is 36.3 Å². The first-order valence-corrected chi connectivity index (χ1v) is 7.81. The van der Waals surface area contributed by atoms with Gasteiger partial charge in [-0.15, -0.1) is 24.0 Å². The van der Waals surface area contributed by atoms with Gasteiger partial charge < -0.3 is 15.2 Å². The normalized spacial score (nSPS) is 11.5. The van der Waals surface area contributed by atoms with Crippen LogP contribution in [-0.4, -0.2) is 27.7 Å². The Morgan fingerprint density at radius 2 is 2.00 bits per heavy atom. The highest BCUT2D eigenvalue weighted by Gasteiger charge is 2.14. The molecule has 0 aliphatic rings. The number of nitrogens with one attached hydrogen (secondary N) is 2. The van der Waals surface area contributed by atoms with E-state index in [0.717, 1.165) is 34.4 Å². The lowest BCUT2D eigenvalue weighted by atomic mass is 10.1. The van der Waals surface area contributed by atoms with Gasteiger partial charge in [-0.3, -0.25) is 9.56 Å². The van der Waals surface area contributed by atoms with E-state index in [1.807, 2.05) is 13.8 Å². The summed E-state index contributed by atoms with van der Waals surface area (Å²) in [6.45, 7) is 2.04. The highest BCUT2D eigenvalue weighted by atomic mass is 127. The molecule has 0 spiro atoms. The summed E-state index contributed by atoms with van der Waals surface area (Å²) in [5, 5.41) is 10.2. The molecule has 10 heteroatoms. The van der Waals surface area contributed by atoms with E-state index in [1.54, 1.807) is 7.05 Å². The maximum absolute atomic E-state index is 12.8. The molecule has 7 nitrogen and oxygen atoms in total. The van der Waals surface area contributed by atoms with Crippen LogP contribution in [0.4, 0.5) is 8.78 Å². The van der Waals surface area contributed by atoms with Crippen molar-refractivity contribution >= 4 is 29.9 Å². The van der Waals surface area contributed by atoms with Gasteiger partial charge in [0.25, 0.3) is 0 Å². The third kappa shape index (κ3) is 5.38. The quantitative estimate of drug-likeness (QED) is 0.371. The number of hydrogen-bond donors (Lipinski definition) is 2. The molecule has 2 aromatic heterocycles. The van der Waals surface area contributed by atoms with Crippen molar-refractivity contribution in [1.29, 1.82) is 0 Å². The molecule has 2 aromatic rings. The second kappa shape index (κ2) is 10.3. The van der Waals surface area contributed by atoms with Crippen LogP contribution in [0.25, 0.3) is 0 Å². The summed E-state index contributed by atoms with van der Waals surface area (Å²) in [6, 6.07) is 0. The molecular weight excluding hydrogens is 445 g/mol. The number of guanidine groups is 1. The second-order valence-electron chi connectivity index (χ2n) is 5.05. The van der Waals surface area contributed by atoms with Crippen LogP contribution in [0.1, 0.15) is 43.2 Å². The van der Waals surface area contributed by atoms with Crippen molar-refractivity contribution < 1.29 is 13.3 Å². The molecule has 0 atom stereocenters. The van der Waals surface area contributed by atoms with Crippen molar-refractivity contribution in [2.45, 2.75) is 46.3 Å². The van der Waals surface area contributed by atoms with Crippen LogP contribution in [0, 0.1) is 0 Å². The van der Waals surface area contributed by atoms with Gasteiger partial charge in [0.2, 0.25) is 0 Å². The van der Waals surface area contributed by atoms with Gasteiger partial charge in [0.1, 0.15) is 11.6 Å². The van der Waals surface area contributed by atoms with Gasteiger partial charge >= 0.3 is 6.55 Å². The molecule has 0 aromatic carbocycles. The Labute approximate surface area is 162 Å². The van der Waals surface area contributed by atoms with Gasteiger partial charge in [0, 0.05) is 38.0 Å². The van der Waals surface area contributed by atoms with Crippen molar-refractivity contribution in [3.8, 4) is 0 Å². The number of imidazole rings is 1. The van der Waals surface area contributed by atoms with Crippen LogP contribution < -0.4 is 10.6 Å². The summed E-state index contributed by atoms with van der Waals surface area (Å²) in [6.07, 6.45) is 4.12. The Kier molecular flexibility index (Phi) is 8.79. The molecule has 0 saturated carbocycles. The molecule has 0 saturated heterocycles. The minimum absolute atomic E-state index is 0. The maximum atomic E-state index is 12.8. The smallest absolute Gasteiger partial charge is 0.319 e. The van der Waals surface area contributed by atoms with E-state index >= 15 is 0 Å². The standard InChI is InChI=1S/C15H22F2N6O.HI/c1-4-11-10(12(5-2)24-22-11)8-20-15(18-3)21-9-13-19-6-7-23(13)14(16)17;/h6-7,14H,4-5,8-9H2,1-3H3,(H2,18,20,21);1H. The largest absolute Gasteiger partial charge is 0.361 e. The third-order valence-corrected chi connectivity index (χ3v) is 3.64. The Morgan fingerprint density at radius 1 is 1.28 bits per heavy atom. The topological polar surface area (TPSA) is 80.3 Å². The van der Waals surface area contributed by atoms with Crippen LogP contribution in [0.2, 0.25) is 0 Å². The molecule has 25 heavy (non-hydrogen) atoms. The van der Waals surface area contributed by atoms with Crippen LogP contribution in [0.3, 0.4) is 0 Å².